The van der Waals surface area contributed by atoms with Gasteiger partial charge in [-0.25, -0.2) is 5.14 Å². The molecule has 1 heterocycles. The molecule has 0 saturated carbocycles. The molecule has 0 aliphatic carbocycles. The van der Waals surface area contributed by atoms with Crippen molar-refractivity contribution in [3.05, 3.63) is 12.3 Å². The molecule has 0 aromatic heterocycles. The molecule has 9 heavy (non-hydrogen) atoms. The molecular formula is C4H8N2O2S. The molecule has 0 amide bonds. The Hall–Kier alpha value is -0.550. The van der Waals surface area contributed by atoms with Gasteiger partial charge in [-0.2, -0.15) is 8.42 Å². The first kappa shape index (κ1) is 6.57. The van der Waals surface area contributed by atoms with Gasteiger partial charge in [0.15, 0.2) is 0 Å². The zero-order valence-corrected chi connectivity index (χ0v) is 5.63. The van der Waals surface area contributed by atoms with Crippen molar-refractivity contribution in [3.63, 3.8) is 0 Å². The summed E-state index contributed by atoms with van der Waals surface area (Å²) in [6.07, 6.45) is 4.01. The Bertz CT molecular complexity index is 219. The fourth-order valence-corrected chi connectivity index (χ4v) is 1.30. The third-order valence-electron chi connectivity index (χ3n) is 1.11. The molecule has 0 radical (unpaired) electrons. The molecule has 5 heteroatoms. The number of hydrogen-bond donors (Lipinski definition) is 1. The Kier molecular flexibility index (Phi) is 1.46. The van der Waals surface area contributed by atoms with E-state index in [1.165, 1.54) is 6.20 Å². The average Bonchev–Trinajstić information content (AvgIpc) is 2.08. The van der Waals surface area contributed by atoms with Gasteiger partial charge < -0.3 is 0 Å². The fourth-order valence-electron chi connectivity index (χ4n) is 0.680. The summed E-state index contributed by atoms with van der Waals surface area (Å²) in [5.41, 5.74) is 0. The Labute approximate surface area is 54.1 Å². The highest BCUT2D eigenvalue weighted by Crippen LogP contribution is 2.05. The normalized spacial score (nSPS) is 19.0. The van der Waals surface area contributed by atoms with Crippen molar-refractivity contribution in [3.8, 4) is 0 Å². The van der Waals surface area contributed by atoms with Gasteiger partial charge in [0.1, 0.15) is 0 Å². The standard InChI is InChI=1S/C4H8N2O2S/c5-9(7,8)6-3-1-2-4-6/h1,3H,2,4H2,(H2,5,7,8). The fraction of sp³-hybridized carbons (Fsp3) is 0.500. The molecule has 0 fully saturated rings. The monoisotopic (exact) mass is 148 g/mol. The van der Waals surface area contributed by atoms with Crippen LogP contribution in [-0.4, -0.2) is 19.3 Å². The van der Waals surface area contributed by atoms with Crippen molar-refractivity contribution >= 4 is 10.2 Å². The van der Waals surface area contributed by atoms with Crippen molar-refractivity contribution in [1.29, 1.82) is 0 Å². The molecule has 1 rings (SSSR count). The second kappa shape index (κ2) is 2.00. The quantitative estimate of drug-likeness (QED) is 0.540. The lowest BCUT2D eigenvalue weighted by Gasteiger charge is -2.09. The zero-order valence-electron chi connectivity index (χ0n) is 4.82. The highest BCUT2D eigenvalue weighted by Gasteiger charge is 2.14. The smallest absolute Gasteiger partial charge is 0.265 e. The first-order chi connectivity index (χ1) is 4.11. The van der Waals surface area contributed by atoms with Crippen LogP contribution in [0, 0.1) is 0 Å². The van der Waals surface area contributed by atoms with Gasteiger partial charge in [0.2, 0.25) is 0 Å². The average molecular weight is 148 g/mol. The van der Waals surface area contributed by atoms with E-state index in [1.807, 2.05) is 0 Å². The first-order valence-corrected chi connectivity index (χ1v) is 4.07. The van der Waals surface area contributed by atoms with Gasteiger partial charge in [-0.3, -0.25) is 4.31 Å². The molecule has 0 spiro atoms. The molecule has 0 aromatic carbocycles. The van der Waals surface area contributed by atoms with Gasteiger partial charge in [-0.05, 0) is 6.42 Å². The lowest BCUT2D eigenvalue weighted by molar-refractivity contribution is 0.518. The number of nitrogens with zero attached hydrogens (tertiary/aromatic N) is 1. The summed E-state index contributed by atoms with van der Waals surface area (Å²) in [5, 5.41) is 4.79. The summed E-state index contributed by atoms with van der Waals surface area (Å²) in [7, 11) is -3.46. The van der Waals surface area contributed by atoms with E-state index in [2.05, 4.69) is 0 Å². The van der Waals surface area contributed by atoms with Crippen LogP contribution in [0.25, 0.3) is 0 Å². The van der Waals surface area contributed by atoms with E-state index in [1.54, 1.807) is 6.08 Å². The highest BCUT2D eigenvalue weighted by molar-refractivity contribution is 7.86. The van der Waals surface area contributed by atoms with Crippen LogP contribution in [0.15, 0.2) is 12.3 Å². The van der Waals surface area contributed by atoms with E-state index in [9.17, 15) is 8.42 Å². The Morgan fingerprint density at radius 1 is 1.56 bits per heavy atom. The second-order valence-corrected chi connectivity index (χ2v) is 3.33. The number of hydrogen-bond acceptors (Lipinski definition) is 2. The van der Waals surface area contributed by atoms with Crippen molar-refractivity contribution < 1.29 is 8.42 Å². The Morgan fingerprint density at radius 2 is 2.22 bits per heavy atom. The van der Waals surface area contributed by atoms with Crippen molar-refractivity contribution in [2.45, 2.75) is 6.42 Å². The topological polar surface area (TPSA) is 63.4 Å². The van der Waals surface area contributed by atoms with Crippen LogP contribution in [-0.2, 0) is 10.2 Å². The van der Waals surface area contributed by atoms with Crippen LogP contribution in [0.2, 0.25) is 0 Å². The van der Waals surface area contributed by atoms with E-state index in [4.69, 9.17) is 5.14 Å². The molecule has 0 bridgehead atoms. The van der Waals surface area contributed by atoms with Crippen LogP contribution >= 0.6 is 0 Å². The predicted molar refractivity (Wildman–Crippen MR) is 33.6 cm³/mol. The number of nitrogens with two attached hydrogens (primary N) is 1. The molecule has 52 valence electrons. The summed E-state index contributed by atoms with van der Waals surface area (Å²) >= 11 is 0. The molecule has 4 nitrogen and oxygen atoms in total. The minimum atomic E-state index is -3.46. The number of rotatable bonds is 1. The molecule has 0 atom stereocenters. The third kappa shape index (κ3) is 1.43. The van der Waals surface area contributed by atoms with Gasteiger partial charge in [-0.15, -0.1) is 0 Å². The van der Waals surface area contributed by atoms with E-state index in [-0.39, 0.29) is 0 Å². The Balaban J connectivity index is 2.76. The maximum Gasteiger partial charge on any atom is 0.298 e. The predicted octanol–water partition coefficient (Wildman–Crippen LogP) is -0.591. The molecule has 0 aromatic rings. The van der Waals surface area contributed by atoms with E-state index < -0.39 is 10.2 Å². The summed E-state index contributed by atoms with van der Waals surface area (Å²) in [6, 6.07) is 0. The molecule has 0 unspecified atom stereocenters. The van der Waals surface area contributed by atoms with Crippen LogP contribution in [0.4, 0.5) is 0 Å². The molecule has 0 saturated heterocycles. The SMILES string of the molecule is NS(=O)(=O)N1C=CCC1. The minimum absolute atomic E-state index is 0.485. The summed E-state index contributed by atoms with van der Waals surface area (Å²) in [5.74, 6) is 0. The Morgan fingerprint density at radius 3 is 2.44 bits per heavy atom. The van der Waals surface area contributed by atoms with E-state index in [0.717, 1.165) is 10.7 Å². The highest BCUT2D eigenvalue weighted by atomic mass is 32.2. The third-order valence-corrected chi connectivity index (χ3v) is 2.07. The van der Waals surface area contributed by atoms with Gasteiger partial charge in [-0.1, -0.05) is 6.08 Å². The van der Waals surface area contributed by atoms with Crippen molar-refractivity contribution in [2.24, 2.45) is 5.14 Å². The first-order valence-electron chi connectivity index (χ1n) is 2.57. The lowest BCUT2D eigenvalue weighted by atomic mass is 10.5. The van der Waals surface area contributed by atoms with E-state index in [0.29, 0.717) is 6.54 Å². The van der Waals surface area contributed by atoms with Crippen LogP contribution < -0.4 is 5.14 Å². The molecular weight excluding hydrogens is 140 g/mol. The second-order valence-electron chi connectivity index (χ2n) is 1.83. The van der Waals surface area contributed by atoms with Gasteiger partial charge in [0, 0.05) is 12.7 Å². The van der Waals surface area contributed by atoms with Gasteiger partial charge in [0.25, 0.3) is 10.2 Å². The van der Waals surface area contributed by atoms with Gasteiger partial charge >= 0.3 is 0 Å². The largest absolute Gasteiger partial charge is 0.298 e. The maximum atomic E-state index is 10.5. The summed E-state index contributed by atoms with van der Waals surface area (Å²) in [4.78, 5) is 0. The summed E-state index contributed by atoms with van der Waals surface area (Å²) < 4.78 is 22.1. The maximum absolute atomic E-state index is 10.5. The van der Waals surface area contributed by atoms with Crippen molar-refractivity contribution in [2.75, 3.05) is 6.54 Å². The summed E-state index contributed by atoms with van der Waals surface area (Å²) in [6.45, 7) is 0.485. The molecule has 2 N–H and O–H groups in total. The zero-order chi connectivity index (χ0) is 6.91. The van der Waals surface area contributed by atoms with E-state index >= 15 is 0 Å². The molecule has 1 aliphatic rings. The van der Waals surface area contributed by atoms with Crippen molar-refractivity contribution in [1.82, 2.24) is 4.31 Å². The molecule has 1 aliphatic heterocycles. The lowest BCUT2D eigenvalue weighted by Crippen LogP contribution is -2.30. The van der Waals surface area contributed by atoms with Crippen LogP contribution in [0.3, 0.4) is 0 Å². The van der Waals surface area contributed by atoms with Gasteiger partial charge in [0.05, 0.1) is 0 Å². The van der Waals surface area contributed by atoms with Crippen LogP contribution in [0.5, 0.6) is 0 Å². The van der Waals surface area contributed by atoms with Crippen LogP contribution in [0.1, 0.15) is 6.42 Å². The minimum Gasteiger partial charge on any atom is -0.265 e.